The Kier molecular flexibility index (Phi) is 6.65. The van der Waals surface area contributed by atoms with Gasteiger partial charge in [-0.3, -0.25) is 14.9 Å². The van der Waals surface area contributed by atoms with Gasteiger partial charge in [-0.25, -0.2) is 0 Å². The Hall–Kier alpha value is -3.16. The number of aromatic nitrogens is 5. The van der Waals surface area contributed by atoms with Crippen molar-refractivity contribution in [2.45, 2.75) is 39.7 Å². The number of aromatic amines is 1. The zero-order chi connectivity index (χ0) is 23.5. The lowest BCUT2D eigenvalue weighted by Crippen LogP contribution is -2.48. The fraction of sp³-hybridized carbons (Fsp3) is 0.407. The van der Waals surface area contributed by atoms with E-state index in [4.69, 9.17) is 4.98 Å². The maximum Gasteiger partial charge on any atom is 0.139 e. The molecule has 1 aliphatic rings. The molecule has 0 spiro atoms. The van der Waals surface area contributed by atoms with Gasteiger partial charge in [0.15, 0.2) is 0 Å². The molecule has 4 aromatic rings. The molecule has 3 aromatic heterocycles. The van der Waals surface area contributed by atoms with Crippen LogP contribution in [-0.2, 0) is 6.42 Å². The zero-order valence-electron chi connectivity index (χ0n) is 20.3. The minimum Gasteiger partial charge on any atom is -0.301 e. The van der Waals surface area contributed by atoms with Crippen LogP contribution in [0.15, 0.2) is 48.7 Å². The van der Waals surface area contributed by atoms with Crippen LogP contribution in [0.2, 0.25) is 0 Å². The van der Waals surface area contributed by atoms with Gasteiger partial charge in [0.2, 0.25) is 0 Å². The van der Waals surface area contributed by atoms with Crippen molar-refractivity contribution < 1.29 is 0 Å². The van der Waals surface area contributed by atoms with E-state index in [0.717, 1.165) is 58.6 Å². The normalized spacial score (nSPS) is 15.4. The number of nitrogens with one attached hydrogen (secondary N) is 1. The van der Waals surface area contributed by atoms with E-state index in [0.29, 0.717) is 6.04 Å². The van der Waals surface area contributed by atoms with Gasteiger partial charge in [0.25, 0.3) is 0 Å². The predicted octanol–water partition coefficient (Wildman–Crippen LogP) is 4.35. The lowest BCUT2D eigenvalue weighted by molar-refractivity contribution is 0.108. The number of piperazine rings is 1. The summed E-state index contributed by atoms with van der Waals surface area (Å²) in [4.78, 5) is 14.5. The molecule has 1 saturated heterocycles. The van der Waals surface area contributed by atoms with Gasteiger partial charge in [0.1, 0.15) is 11.4 Å². The summed E-state index contributed by atoms with van der Waals surface area (Å²) in [5, 5.41) is 12.7. The monoisotopic (exact) mass is 455 g/mol. The maximum atomic E-state index is 4.71. The van der Waals surface area contributed by atoms with Crippen LogP contribution in [0.5, 0.6) is 0 Å². The molecule has 176 valence electrons. The van der Waals surface area contributed by atoms with Gasteiger partial charge >= 0.3 is 0 Å². The predicted molar refractivity (Wildman–Crippen MR) is 137 cm³/mol. The van der Waals surface area contributed by atoms with Crippen LogP contribution < -0.4 is 0 Å². The van der Waals surface area contributed by atoms with Gasteiger partial charge in [-0.15, -0.1) is 0 Å². The number of hydrogen-bond donors (Lipinski definition) is 1. The zero-order valence-corrected chi connectivity index (χ0v) is 20.3. The minimum atomic E-state index is 0.650. The first-order valence-corrected chi connectivity index (χ1v) is 12.3. The number of benzene rings is 1. The second-order valence-corrected chi connectivity index (χ2v) is 9.51. The lowest BCUT2D eigenvalue weighted by atomic mass is 10.0. The molecule has 0 bridgehead atoms. The average Bonchev–Trinajstić information content (AvgIpc) is 3.34. The number of rotatable bonds is 7. The van der Waals surface area contributed by atoms with E-state index in [1.165, 1.54) is 31.7 Å². The molecule has 7 nitrogen and oxygen atoms in total. The van der Waals surface area contributed by atoms with Crippen LogP contribution in [0.4, 0.5) is 0 Å². The van der Waals surface area contributed by atoms with Gasteiger partial charge in [0.05, 0.1) is 11.2 Å². The molecule has 1 N–H and O–H groups in total. The van der Waals surface area contributed by atoms with Crippen molar-refractivity contribution in [3.8, 4) is 22.6 Å². The fourth-order valence-electron chi connectivity index (χ4n) is 4.76. The standard InChI is InChI=1S/C27H33N7/c1-19(2)34-14-12-33(13-15-34)11-5-7-21-16-23-17-22(9-10-24(23)28-18-21)26-27(31-32-30-26)25-8-4-6-20(3)29-25/h4,6,8-10,16-19H,5,7,11-15H2,1-3H3,(H,30,31,32). The molecule has 4 heterocycles. The molecule has 7 heteroatoms. The van der Waals surface area contributed by atoms with Crippen molar-refractivity contribution in [2.24, 2.45) is 0 Å². The quantitative estimate of drug-likeness (QED) is 0.447. The van der Waals surface area contributed by atoms with E-state index in [1.54, 1.807) is 0 Å². The van der Waals surface area contributed by atoms with E-state index in [-0.39, 0.29) is 0 Å². The molecule has 1 fully saturated rings. The first-order valence-electron chi connectivity index (χ1n) is 12.3. The second kappa shape index (κ2) is 9.99. The molecule has 0 unspecified atom stereocenters. The Morgan fingerprint density at radius 1 is 0.971 bits per heavy atom. The first kappa shape index (κ1) is 22.6. The van der Waals surface area contributed by atoms with E-state index < -0.39 is 0 Å². The molecule has 0 atom stereocenters. The molecular weight excluding hydrogens is 422 g/mol. The summed E-state index contributed by atoms with van der Waals surface area (Å²) in [7, 11) is 0. The molecule has 0 amide bonds. The summed E-state index contributed by atoms with van der Waals surface area (Å²) < 4.78 is 0. The molecule has 34 heavy (non-hydrogen) atoms. The van der Waals surface area contributed by atoms with Gasteiger partial charge in [0, 0.05) is 55.1 Å². The molecule has 5 rings (SSSR count). The molecule has 0 radical (unpaired) electrons. The number of fused-ring (bicyclic) bond motifs is 1. The van der Waals surface area contributed by atoms with E-state index in [9.17, 15) is 0 Å². The Bertz CT molecular complexity index is 1250. The summed E-state index contributed by atoms with van der Waals surface area (Å²) in [6, 6.07) is 15.2. The van der Waals surface area contributed by atoms with Crippen LogP contribution >= 0.6 is 0 Å². The molecule has 1 aliphatic heterocycles. The largest absolute Gasteiger partial charge is 0.301 e. The highest BCUT2D eigenvalue weighted by atomic mass is 15.3. The summed E-state index contributed by atoms with van der Waals surface area (Å²) in [5.41, 5.74) is 6.66. The highest BCUT2D eigenvalue weighted by molar-refractivity contribution is 5.86. The van der Waals surface area contributed by atoms with Crippen molar-refractivity contribution >= 4 is 10.9 Å². The van der Waals surface area contributed by atoms with Crippen LogP contribution in [0, 0.1) is 6.92 Å². The average molecular weight is 456 g/mol. The lowest BCUT2D eigenvalue weighted by Gasteiger charge is -2.36. The Morgan fingerprint density at radius 3 is 2.59 bits per heavy atom. The fourth-order valence-corrected chi connectivity index (χ4v) is 4.76. The number of nitrogens with zero attached hydrogens (tertiary/aromatic N) is 6. The molecule has 0 saturated carbocycles. The highest BCUT2D eigenvalue weighted by Gasteiger charge is 2.18. The van der Waals surface area contributed by atoms with Crippen molar-refractivity contribution in [1.82, 2.24) is 35.2 Å². The first-order chi connectivity index (χ1) is 16.6. The SMILES string of the molecule is Cc1cccc(-c2n[nH]nc2-c2ccc3ncc(CCCN4CCN(C(C)C)CC4)cc3c2)n1. The molecule has 1 aromatic carbocycles. The van der Waals surface area contributed by atoms with Crippen LogP contribution in [0.1, 0.15) is 31.5 Å². The van der Waals surface area contributed by atoms with E-state index in [2.05, 4.69) is 68.3 Å². The summed E-state index contributed by atoms with van der Waals surface area (Å²) in [6.07, 6.45) is 4.22. The second-order valence-electron chi connectivity index (χ2n) is 9.51. The third-order valence-corrected chi connectivity index (χ3v) is 6.77. The van der Waals surface area contributed by atoms with E-state index >= 15 is 0 Å². The minimum absolute atomic E-state index is 0.650. The number of H-pyrrole nitrogens is 1. The van der Waals surface area contributed by atoms with Crippen molar-refractivity contribution in [1.29, 1.82) is 0 Å². The van der Waals surface area contributed by atoms with Crippen molar-refractivity contribution in [3.05, 3.63) is 59.9 Å². The van der Waals surface area contributed by atoms with Crippen molar-refractivity contribution in [2.75, 3.05) is 32.7 Å². The van der Waals surface area contributed by atoms with Gasteiger partial charge in [-0.1, -0.05) is 12.1 Å². The maximum absolute atomic E-state index is 4.71. The topological polar surface area (TPSA) is 73.8 Å². The van der Waals surface area contributed by atoms with Gasteiger partial charge in [-0.05, 0) is 76.1 Å². The van der Waals surface area contributed by atoms with Gasteiger partial charge < -0.3 is 4.90 Å². The summed E-state index contributed by atoms with van der Waals surface area (Å²) in [5.74, 6) is 0. The third-order valence-electron chi connectivity index (χ3n) is 6.77. The number of hydrogen-bond acceptors (Lipinski definition) is 6. The highest BCUT2D eigenvalue weighted by Crippen LogP contribution is 2.29. The Morgan fingerprint density at radius 2 is 1.79 bits per heavy atom. The smallest absolute Gasteiger partial charge is 0.139 e. The Labute approximate surface area is 201 Å². The van der Waals surface area contributed by atoms with E-state index in [1.807, 2.05) is 31.3 Å². The number of pyridine rings is 2. The van der Waals surface area contributed by atoms with Crippen molar-refractivity contribution in [3.63, 3.8) is 0 Å². The summed E-state index contributed by atoms with van der Waals surface area (Å²) in [6.45, 7) is 12.4. The molecule has 0 aliphatic carbocycles. The summed E-state index contributed by atoms with van der Waals surface area (Å²) >= 11 is 0. The molecular formula is C27H33N7. The van der Waals surface area contributed by atoms with Crippen LogP contribution in [-0.4, -0.2) is 73.9 Å². The number of aryl methyl sites for hydroxylation is 2. The van der Waals surface area contributed by atoms with Gasteiger partial charge in [-0.2, -0.15) is 15.4 Å². The van der Waals surface area contributed by atoms with Crippen LogP contribution in [0.3, 0.4) is 0 Å². The van der Waals surface area contributed by atoms with Crippen LogP contribution in [0.25, 0.3) is 33.5 Å². The Balaban J connectivity index is 1.28. The third kappa shape index (κ3) is 5.00.